The first-order valence-electron chi connectivity index (χ1n) is 5.96. The van der Waals surface area contributed by atoms with Crippen LogP contribution in [0.4, 0.5) is 5.69 Å². The molecular weight excluding hydrogens is 242 g/mol. The summed E-state index contributed by atoms with van der Waals surface area (Å²) in [6.45, 7) is 5.46. The summed E-state index contributed by atoms with van der Waals surface area (Å²) in [5.74, 6) is 1.15. The van der Waals surface area contributed by atoms with Crippen LogP contribution < -0.4 is 5.32 Å². The summed E-state index contributed by atoms with van der Waals surface area (Å²) >= 11 is 0. The van der Waals surface area contributed by atoms with Crippen LogP contribution in [0.15, 0.2) is 28.7 Å². The van der Waals surface area contributed by atoms with Crippen LogP contribution in [-0.2, 0) is 0 Å². The Morgan fingerprint density at radius 3 is 2.21 bits per heavy atom. The third kappa shape index (κ3) is 2.57. The van der Waals surface area contributed by atoms with Gasteiger partial charge in [-0.2, -0.15) is 0 Å². The topological polar surface area (TPSA) is 59.3 Å². The number of nitrogens with one attached hydrogen (secondary N) is 1. The average Bonchev–Trinajstić information content (AvgIpc) is 2.64. The number of aryl methyl sites for hydroxylation is 2. The van der Waals surface area contributed by atoms with Crippen molar-refractivity contribution >= 4 is 17.9 Å². The van der Waals surface area contributed by atoms with E-state index < -0.39 is 0 Å². The van der Waals surface area contributed by atoms with E-state index in [4.69, 9.17) is 4.42 Å². The maximum Gasteiger partial charge on any atom is 0.259 e. The minimum Gasteiger partial charge on any atom is -0.466 e. The molecular formula is C15H15NO3. The summed E-state index contributed by atoms with van der Waals surface area (Å²) in [5, 5.41) is 2.79. The lowest BCUT2D eigenvalue weighted by Crippen LogP contribution is -2.13. The van der Waals surface area contributed by atoms with Crippen LogP contribution >= 0.6 is 0 Å². The Morgan fingerprint density at radius 2 is 1.74 bits per heavy atom. The molecule has 19 heavy (non-hydrogen) atoms. The second-order valence-electron chi connectivity index (χ2n) is 4.41. The fourth-order valence-corrected chi connectivity index (χ4v) is 1.97. The minimum absolute atomic E-state index is 0.203. The van der Waals surface area contributed by atoms with Gasteiger partial charge >= 0.3 is 0 Å². The molecule has 1 aromatic heterocycles. The maximum absolute atomic E-state index is 12.2. The van der Waals surface area contributed by atoms with Gasteiger partial charge in [0.25, 0.3) is 5.91 Å². The van der Waals surface area contributed by atoms with Gasteiger partial charge in [0.2, 0.25) is 0 Å². The van der Waals surface area contributed by atoms with Crippen LogP contribution in [0.25, 0.3) is 0 Å². The molecule has 0 bridgehead atoms. The average molecular weight is 257 g/mol. The number of hydrogen-bond donors (Lipinski definition) is 1. The van der Waals surface area contributed by atoms with Gasteiger partial charge < -0.3 is 9.73 Å². The highest BCUT2D eigenvalue weighted by Crippen LogP contribution is 2.22. The van der Waals surface area contributed by atoms with Crippen molar-refractivity contribution in [3.05, 3.63) is 52.5 Å². The number of anilines is 1. The van der Waals surface area contributed by atoms with Gasteiger partial charge in [0.05, 0.1) is 5.56 Å². The summed E-state index contributed by atoms with van der Waals surface area (Å²) in [7, 11) is 0. The normalized spacial score (nSPS) is 10.3. The molecule has 0 atom stereocenters. The van der Waals surface area contributed by atoms with Crippen molar-refractivity contribution in [1.29, 1.82) is 0 Å². The molecule has 1 heterocycles. The number of hydrogen-bond acceptors (Lipinski definition) is 3. The van der Waals surface area contributed by atoms with E-state index in [0.717, 1.165) is 17.6 Å². The van der Waals surface area contributed by atoms with Gasteiger partial charge in [-0.1, -0.05) is 0 Å². The van der Waals surface area contributed by atoms with Crippen molar-refractivity contribution in [3.8, 4) is 0 Å². The molecule has 0 fully saturated rings. The Hall–Kier alpha value is -2.36. The van der Waals surface area contributed by atoms with Crippen molar-refractivity contribution in [2.24, 2.45) is 0 Å². The van der Waals surface area contributed by atoms with E-state index in [1.807, 2.05) is 13.8 Å². The molecule has 0 aliphatic carbocycles. The van der Waals surface area contributed by atoms with Crippen LogP contribution in [-0.4, -0.2) is 12.2 Å². The molecule has 4 heteroatoms. The highest BCUT2D eigenvalue weighted by molar-refractivity contribution is 6.06. The van der Waals surface area contributed by atoms with Crippen molar-refractivity contribution in [1.82, 2.24) is 0 Å². The monoisotopic (exact) mass is 257 g/mol. The minimum atomic E-state index is -0.203. The molecule has 0 unspecified atom stereocenters. The molecule has 0 aliphatic rings. The van der Waals surface area contributed by atoms with Gasteiger partial charge in [-0.15, -0.1) is 0 Å². The summed E-state index contributed by atoms with van der Waals surface area (Å²) in [4.78, 5) is 22.7. The van der Waals surface area contributed by atoms with E-state index in [1.54, 1.807) is 31.2 Å². The first-order valence-corrected chi connectivity index (χ1v) is 5.96. The van der Waals surface area contributed by atoms with Crippen LogP contribution in [0.3, 0.4) is 0 Å². The summed E-state index contributed by atoms with van der Waals surface area (Å²) in [6.07, 6.45) is 0.763. The van der Waals surface area contributed by atoms with E-state index in [0.29, 0.717) is 22.6 Å². The maximum atomic E-state index is 12.2. The van der Waals surface area contributed by atoms with Gasteiger partial charge in [-0.05, 0) is 45.0 Å². The molecule has 0 saturated carbocycles. The van der Waals surface area contributed by atoms with Crippen LogP contribution in [0.5, 0.6) is 0 Å². The number of carbonyl (C=O) groups excluding carboxylic acids is 2. The zero-order chi connectivity index (χ0) is 14.0. The number of aldehydes is 1. The highest BCUT2D eigenvalue weighted by atomic mass is 16.3. The third-order valence-electron chi connectivity index (χ3n) is 3.09. The predicted octanol–water partition coefficient (Wildman–Crippen LogP) is 3.27. The van der Waals surface area contributed by atoms with Crippen molar-refractivity contribution < 1.29 is 14.0 Å². The Bertz CT molecular complexity index is 624. The zero-order valence-electron chi connectivity index (χ0n) is 11.1. The molecule has 2 aromatic rings. The molecule has 0 spiro atoms. The fraction of sp³-hybridized carbons (Fsp3) is 0.200. The van der Waals surface area contributed by atoms with Crippen LogP contribution in [0, 0.1) is 20.8 Å². The quantitative estimate of drug-likeness (QED) is 0.858. The lowest BCUT2D eigenvalue weighted by atomic mass is 10.1. The molecule has 98 valence electrons. The van der Waals surface area contributed by atoms with Gasteiger partial charge in [0.1, 0.15) is 17.8 Å². The molecule has 0 radical (unpaired) electrons. The number of furan rings is 1. The number of amides is 1. The van der Waals surface area contributed by atoms with E-state index in [2.05, 4.69) is 5.32 Å². The van der Waals surface area contributed by atoms with Crippen LogP contribution in [0.2, 0.25) is 0 Å². The molecule has 0 saturated heterocycles. The Labute approximate surface area is 111 Å². The molecule has 1 aromatic carbocycles. The third-order valence-corrected chi connectivity index (χ3v) is 3.09. The van der Waals surface area contributed by atoms with E-state index in [-0.39, 0.29) is 5.91 Å². The number of benzene rings is 1. The Morgan fingerprint density at radius 1 is 1.11 bits per heavy atom. The van der Waals surface area contributed by atoms with E-state index in [1.165, 1.54) is 0 Å². The summed E-state index contributed by atoms with van der Waals surface area (Å²) in [5.41, 5.74) is 2.63. The lowest BCUT2D eigenvalue weighted by molar-refractivity contribution is 0.102. The molecule has 0 aliphatic heterocycles. The van der Waals surface area contributed by atoms with Crippen molar-refractivity contribution in [3.63, 3.8) is 0 Å². The largest absolute Gasteiger partial charge is 0.466 e. The Kier molecular flexibility index (Phi) is 3.51. The zero-order valence-corrected chi connectivity index (χ0v) is 11.1. The Balaban J connectivity index is 2.22. The summed E-state index contributed by atoms with van der Waals surface area (Å²) < 4.78 is 5.43. The molecule has 2 rings (SSSR count). The summed E-state index contributed by atoms with van der Waals surface area (Å²) in [6, 6.07) is 6.70. The highest BCUT2D eigenvalue weighted by Gasteiger charge is 2.18. The fourth-order valence-electron chi connectivity index (χ4n) is 1.97. The van der Waals surface area contributed by atoms with Crippen molar-refractivity contribution in [2.75, 3.05) is 5.32 Å². The van der Waals surface area contributed by atoms with Crippen molar-refractivity contribution in [2.45, 2.75) is 20.8 Å². The van der Waals surface area contributed by atoms with Crippen LogP contribution in [0.1, 0.15) is 37.8 Å². The smallest absolute Gasteiger partial charge is 0.259 e. The standard InChI is InChI=1S/C15H15NO3/c1-9-10(2)19-11(3)14(9)15(18)16-13-6-4-12(8-17)5-7-13/h4-8H,1-3H3,(H,16,18). The lowest BCUT2D eigenvalue weighted by Gasteiger charge is -2.05. The van der Waals surface area contributed by atoms with Gasteiger partial charge in [0.15, 0.2) is 0 Å². The SMILES string of the molecule is Cc1oc(C)c(C(=O)Nc2ccc(C=O)cc2)c1C. The molecule has 4 nitrogen and oxygen atoms in total. The number of rotatable bonds is 3. The van der Waals surface area contributed by atoms with Gasteiger partial charge in [0, 0.05) is 16.8 Å². The van der Waals surface area contributed by atoms with Gasteiger partial charge in [-0.25, -0.2) is 0 Å². The predicted molar refractivity (Wildman–Crippen MR) is 72.7 cm³/mol. The second kappa shape index (κ2) is 5.10. The van der Waals surface area contributed by atoms with E-state index >= 15 is 0 Å². The van der Waals surface area contributed by atoms with E-state index in [9.17, 15) is 9.59 Å². The van der Waals surface area contributed by atoms with Gasteiger partial charge in [-0.3, -0.25) is 9.59 Å². The molecule has 1 amide bonds. The second-order valence-corrected chi connectivity index (χ2v) is 4.41. The first-order chi connectivity index (χ1) is 9.02. The number of carbonyl (C=O) groups is 2. The first kappa shape index (κ1) is 13.1. The molecule has 1 N–H and O–H groups in total.